The van der Waals surface area contributed by atoms with E-state index in [1.165, 1.54) is 11.8 Å². The minimum absolute atomic E-state index is 0.0858. The lowest BCUT2D eigenvalue weighted by atomic mass is 10.1. The second kappa shape index (κ2) is 6.22. The van der Waals surface area contributed by atoms with E-state index in [4.69, 9.17) is 11.6 Å². The first-order valence-corrected chi connectivity index (χ1v) is 8.45. The fourth-order valence-corrected chi connectivity index (χ4v) is 3.66. The molecule has 2 aliphatic rings. The Labute approximate surface area is 147 Å². The molecule has 0 aliphatic carbocycles. The quantitative estimate of drug-likeness (QED) is 0.750. The molecule has 2 aromatic carbocycles. The monoisotopic (exact) mass is 354 g/mol. The van der Waals surface area contributed by atoms with Gasteiger partial charge in [-0.1, -0.05) is 48.0 Å². The van der Waals surface area contributed by atoms with Crippen molar-refractivity contribution in [3.05, 3.63) is 70.2 Å². The predicted octanol–water partition coefficient (Wildman–Crippen LogP) is 4.70. The van der Waals surface area contributed by atoms with Gasteiger partial charge >= 0.3 is 0 Å². The van der Waals surface area contributed by atoms with E-state index in [9.17, 15) is 4.79 Å². The molecule has 5 nitrogen and oxygen atoms in total. The minimum atomic E-state index is -0.0858. The Hall–Kier alpha value is -2.44. The van der Waals surface area contributed by atoms with Crippen molar-refractivity contribution in [3.63, 3.8) is 0 Å². The van der Waals surface area contributed by atoms with E-state index in [1.54, 1.807) is 11.0 Å². The lowest BCUT2D eigenvalue weighted by Crippen LogP contribution is -2.26. The Bertz CT molecular complexity index is 908. The fraction of sp³-hybridized carbons (Fsp3) is 0.0588. The Kier molecular flexibility index (Phi) is 3.92. The molecule has 1 amide bonds. The number of azo groups is 1. The smallest absolute Gasteiger partial charge is 0.255 e. The van der Waals surface area contributed by atoms with Gasteiger partial charge in [-0.2, -0.15) is 0 Å². The van der Waals surface area contributed by atoms with E-state index in [-0.39, 0.29) is 12.5 Å². The van der Waals surface area contributed by atoms with Gasteiger partial charge in [-0.05, 0) is 30.0 Å². The van der Waals surface area contributed by atoms with Crippen molar-refractivity contribution < 1.29 is 4.79 Å². The van der Waals surface area contributed by atoms with Crippen molar-refractivity contribution in [2.24, 2.45) is 15.2 Å². The summed E-state index contributed by atoms with van der Waals surface area (Å²) in [5, 5.41) is 10.4. The molecule has 0 aromatic heterocycles. The molecule has 0 saturated carbocycles. The normalized spacial score (nSPS) is 17.0. The van der Waals surface area contributed by atoms with Crippen LogP contribution in [0.15, 0.2) is 74.8 Å². The van der Waals surface area contributed by atoms with Crippen molar-refractivity contribution in [1.29, 1.82) is 0 Å². The number of carbonyl (C=O) groups excluding carboxylic acids is 1. The van der Waals surface area contributed by atoms with Crippen LogP contribution in [0, 0.1) is 0 Å². The number of halogens is 1. The molecule has 7 heteroatoms. The van der Waals surface area contributed by atoms with Gasteiger partial charge in [0.25, 0.3) is 5.91 Å². The van der Waals surface area contributed by atoms with Crippen LogP contribution in [-0.2, 0) is 4.79 Å². The average Bonchev–Trinajstić information content (AvgIpc) is 3.14. The summed E-state index contributed by atoms with van der Waals surface area (Å²) in [5.74, 6) is -0.0858. The second-order valence-corrected chi connectivity index (χ2v) is 6.46. The molecule has 2 aliphatic heterocycles. The summed E-state index contributed by atoms with van der Waals surface area (Å²) in [6.07, 6.45) is 0. The highest BCUT2D eigenvalue weighted by Gasteiger charge is 2.39. The van der Waals surface area contributed by atoms with Crippen LogP contribution in [0.25, 0.3) is 5.70 Å². The fourth-order valence-electron chi connectivity index (χ4n) is 2.47. The van der Waals surface area contributed by atoms with Gasteiger partial charge in [0.2, 0.25) is 0 Å². The zero-order valence-corrected chi connectivity index (χ0v) is 14.0. The number of nitrogens with zero attached hydrogens (tertiary/aromatic N) is 4. The maximum atomic E-state index is 12.2. The molecule has 0 bridgehead atoms. The highest BCUT2D eigenvalue weighted by Crippen LogP contribution is 2.44. The number of hydrogen-bond acceptors (Lipinski definition) is 5. The van der Waals surface area contributed by atoms with E-state index in [1.807, 2.05) is 48.5 Å². The zero-order chi connectivity index (χ0) is 16.5. The number of rotatable bonds is 3. The molecule has 0 fully saturated rings. The van der Waals surface area contributed by atoms with Gasteiger partial charge in [-0.3, -0.25) is 14.7 Å². The SMILES string of the molecule is O=C1CN=C2SC(N=Nc3ccccc3)=C(c3ccccc3Cl)N12. The molecule has 0 spiro atoms. The summed E-state index contributed by atoms with van der Waals surface area (Å²) in [7, 11) is 0. The zero-order valence-electron chi connectivity index (χ0n) is 12.4. The first kappa shape index (κ1) is 15.1. The van der Waals surface area contributed by atoms with Crippen molar-refractivity contribution in [1.82, 2.24) is 4.90 Å². The number of aliphatic imine (C=N–C) groups is 1. The lowest BCUT2D eigenvalue weighted by molar-refractivity contribution is -0.122. The number of carbonyl (C=O) groups is 1. The van der Waals surface area contributed by atoms with Crippen molar-refractivity contribution in [2.75, 3.05) is 6.54 Å². The highest BCUT2D eigenvalue weighted by atomic mass is 35.5. The number of amides is 1. The number of benzene rings is 2. The van der Waals surface area contributed by atoms with Gasteiger partial charge in [0, 0.05) is 10.6 Å². The molecule has 2 heterocycles. The molecule has 2 aromatic rings. The summed E-state index contributed by atoms with van der Waals surface area (Å²) in [6.45, 7) is 0.152. The molecule has 24 heavy (non-hydrogen) atoms. The number of hydrogen-bond donors (Lipinski definition) is 0. The maximum absolute atomic E-state index is 12.2. The summed E-state index contributed by atoms with van der Waals surface area (Å²) >= 11 is 7.66. The number of fused-ring (bicyclic) bond motifs is 1. The van der Waals surface area contributed by atoms with Gasteiger partial charge in [0.1, 0.15) is 6.54 Å². The van der Waals surface area contributed by atoms with Gasteiger partial charge in [0.15, 0.2) is 10.2 Å². The average molecular weight is 355 g/mol. The van der Waals surface area contributed by atoms with Crippen LogP contribution in [0.4, 0.5) is 5.69 Å². The van der Waals surface area contributed by atoms with Crippen LogP contribution in [0.1, 0.15) is 5.56 Å². The minimum Gasteiger partial charge on any atom is -0.272 e. The highest BCUT2D eigenvalue weighted by molar-refractivity contribution is 8.17. The van der Waals surface area contributed by atoms with Crippen molar-refractivity contribution in [2.45, 2.75) is 0 Å². The van der Waals surface area contributed by atoms with Crippen LogP contribution in [0.5, 0.6) is 0 Å². The third-order valence-corrected chi connectivity index (χ3v) is 4.84. The summed E-state index contributed by atoms with van der Waals surface area (Å²) < 4.78 is 0. The molecule has 0 atom stereocenters. The summed E-state index contributed by atoms with van der Waals surface area (Å²) in [5.41, 5.74) is 2.13. The molecule has 4 rings (SSSR count). The topological polar surface area (TPSA) is 57.4 Å². The second-order valence-electron chi connectivity index (χ2n) is 5.10. The van der Waals surface area contributed by atoms with Crippen molar-refractivity contribution in [3.8, 4) is 0 Å². The number of amidine groups is 1. The van der Waals surface area contributed by atoms with Gasteiger partial charge < -0.3 is 0 Å². The summed E-state index contributed by atoms with van der Waals surface area (Å²) in [4.78, 5) is 18.1. The molecule has 0 saturated heterocycles. The molecule has 0 N–H and O–H groups in total. The lowest BCUT2D eigenvalue weighted by Gasteiger charge is -2.15. The third kappa shape index (κ3) is 2.64. The Morgan fingerprint density at radius 3 is 2.58 bits per heavy atom. The largest absolute Gasteiger partial charge is 0.272 e. The first-order valence-electron chi connectivity index (χ1n) is 7.25. The molecule has 0 unspecified atom stereocenters. The van der Waals surface area contributed by atoms with E-state index in [0.717, 1.165) is 11.3 Å². The Morgan fingerprint density at radius 1 is 1.04 bits per heavy atom. The Morgan fingerprint density at radius 2 is 1.79 bits per heavy atom. The van der Waals surface area contributed by atoms with Crippen LogP contribution in [-0.4, -0.2) is 22.5 Å². The van der Waals surface area contributed by atoms with Crippen molar-refractivity contribution >= 4 is 45.8 Å². The van der Waals surface area contributed by atoms with Crippen LogP contribution in [0.2, 0.25) is 5.02 Å². The van der Waals surface area contributed by atoms with E-state index in [0.29, 0.717) is 20.9 Å². The molecule has 118 valence electrons. The summed E-state index contributed by atoms with van der Waals surface area (Å²) in [6, 6.07) is 16.8. The van der Waals surface area contributed by atoms with Gasteiger partial charge in [0.05, 0.1) is 11.4 Å². The van der Waals surface area contributed by atoms with E-state index >= 15 is 0 Å². The molecular formula is C17H11ClN4OS. The molecule has 0 radical (unpaired) electrons. The standard InChI is InChI=1S/C17H11ClN4OS/c18-13-9-5-4-8-12(13)15-16(21-20-11-6-2-1-3-7-11)24-17-19-10-14(23)22(15)17/h1-9H,10H2. The van der Waals surface area contributed by atoms with Crippen LogP contribution in [0.3, 0.4) is 0 Å². The van der Waals surface area contributed by atoms with Crippen LogP contribution >= 0.6 is 23.4 Å². The van der Waals surface area contributed by atoms with E-state index < -0.39 is 0 Å². The van der Waals surface area contributed by atoms with Gasteiger partial charge in [-0.25, -0.2) is 0 Å². The van der Waals surface area contributed by atoms with E-state index in [2.05, 4.69) is 15.2 Å². The maximum Gasteiger partial charge on any atom is 0.255 e. The third-order valence-electron chi connectivity index (χ3n) is 3.55. The van der Waals surface area contributed by atoms with Crippen LogP contribution < -0.4 is 0 Å². The van der Waals surface area contributed by atoms with Gasteiger partial charge in [-0.15, -0.1) is 10.2 Å². The Balaban J connectivity index is 1.81. The molecular weight excluding hydrogens is 344 g/mol. The number of thioether (sulfide) groups is 1. The predicted molar refractivity (Wildman–Crippen MR) is 96.1 cm³/mol. The first-order chi connectivity index (χ1) is 11.7.